The zero-order valence-electron chi connectivity index (χ0n) is 9.64. The summed E-state index contributed by atoms with van der Waals surface area (Å²) < 4.78 is 4.41. The normalized spacial score (nSPS) is 10.3. The maximum Gasteiger partial charge on any atom is 0.350 e. The van der Waals surface area contributed by atoms with Gasteiger partial charge < -0.3 is 15.8 Å². The van der Waals surface area contributed by atoms with E-state index in [9.17, 15) is 9.59 Å². The molecule has 0 aliphatic heterocycles. The predicted molar refractivity (Wildman–Crippen MR) is 64.3 cm³/mol. The lowest BCUT2D eigenvalue weighted by Gasteiger charge is -2.03. The van der Waals surface area contributed by atoms with Gasteiger partial charge in [0, 0.05) is 17.5 Å². The summed E-state index contributed by atoms with van der Waals surface area (Å²) in [5, 5.41) is 11.4. The van der Waals surface area contributed by atoms with E-state index in [-0.39, 0.29) is 5.57 Å². The Labute approximate surface area is 104 Å². The number of primary amides is 1. The fourth-order valence-electron chi connectivity index (χ4n) is 1.16. The molecule has 6 heteroatoms. The predicted octanol–water partition coefficient (Wildman–Crippen LogP) is 0.778. The van der Waals surface area contributed by atoms with Crippen LogP contribution >= 0.6 is 0 Å². The van der Waals surface area contributed by atoms with Crippen LogP contribution in [-0.4, -0.2) is 19.0 Å². The number of carbonyl (C=O) groups excluding carboxylic acids is 2. The van der Waals surface area contributed by atoms with Gasteiger partial charge in [-0.2, -0.15) is 5.26 Å². The first kappa shape index (κ1) is 13.3. The minimum Gasteiger partial charge on any atom is -0.465 e. The Morgan fingerprint density at radius 2 is 2.22 bits per heavy atom. The average molecular weight is 245 g/mol. The number of hydrogen-bond donors (Lipinski definition) is 2. The van der Waals surface area contributed by atoms with Gasteiger partial charge in [0.15, 0.2) is 5.57 Å². The average Bonchev–Trinajstić information content (AvgIpc) is 2.39. The quantitative estimate of drug-likeness (QED) is 0.463. The van der Waals surface area contributed by atoms with Crippen LogP contribution in [0.1, 0.15) is 10.4 Å². The molecule has 1 amide bonds. The minimum absolute atomic E-state index is 0.179. The number of nitrogens with zero attached hydrogens (tertiary/aromatic N) is 1. The molecule has 0 unspecified atom stereocenters. The standard InChI is InChI=1S/C12H11N3O3/c1-18-12(17)9(6-13)7-15-10-4-2-3-8(5-10)11(14)16/h2-5,7,15H,1H3,(H2,14,16)/b9-7-. The third kappa shape index (κ3) is 3.35. The Balaban J connectivity index is 2.89. The summed E-state index contributed by atoms with van der Waals surface area (Å²) in [4.78, 5) is 22.1. The maximum atomic E-state index is 11.1. The van der Waals surface area contributed by atoms with E-state index in [2.05, 4.69) is 10.1 Å². The fourth-order valence-corrected chi connectivity index (χ4v) is 1.16. The van der Waals surface area contributed by atoms with Crippen LogP contribution < -0.4 is 11.1 Å². The number of carbonyl (C=O) groups is 2. The van der Waals surface area contributed by atoms with Crippen LogP contribution in [0.15, 0.2) is 36.0 Å². The summed E-state index contributed by atoms with van der Waals surface area (Å²) in [6, 6.07) is 8.04. The number of rotatable bonds is 4. The van der Waals surface area contributed by atoms with Crippen LogP contribution in [0, 0.1) is 11.3 Å². The third-order valence-electron chi connectivity index (χ3n) is 2.06. The van der Waals surface area contributed by atoms with Crippen molar-refractivity contribution in [1.82, 2.24) is 0 Å². The molecule has 0 saturated carbocycles. The molecule has 92 valence electrons. The van der Waals surface area contributed by atoms with Crippen molar-refractivity contribution in [3.63, 3.8) is 0 Å². The van der Waals surface area contributed by atoms with Crippen LogP contribution in [0.25, 0.3) is 0 Å². The van der Waals surface area contributed by atoms with E-state index in [0.717, 1.165) is 0 Å². The number of methoxy groups -OCH3 is 1. The van der Waals surface area contributed by atoms with Gasteiger partial charge in [-0.1, -0.05) is 6.07 Å². The summed E-state index contributed by atoms with van der Waals surface area (Å²) in [5.74, 6) is -1.30. The van der Waals surface area contributed by atoms with Crippen LogP contribution in [0.3, 0.4) is 0 Å². The Hall–Kier alpha value is -2.81. The smallest absolute Gasteiger partial charge is 0.350 e. The zero-order chi connectivity index (χ0) is 13.5. The molecule has 0 bridgehead atoms. The molecule has 6 nitrogen and oxygen atoms in total. The Morgan fingerprint density at radius 1 is 1.50 bits per heavy atom. The van der Waals surface area contributed by atoms with Crippen molar-refractivity contribution in [2.75, 3.05) is 12.4 Å². The van der Waals surface area contributed by atoms with Gasteiger partial charge in [-0.15, -0.1) is 0 Å². The second-order valence-electron chi connectivity index (χ2n) is 3.25. The van der Waals surface area contributed by atoms with Gasteiger partial charge in [0.05, 0.1) is 7.11 Å². The molecule has 1 rings (SSSR count). The van der Waals surface area contributed by atoms with Crippen molar-refractivity contribution < 1.29 is 14.3 Å². The second kappa shape index (κ2) is 6.06. The Kier molecular flexibility index (Phi) is 4.46. The molecule has 1 aromatic carbocycles. The molecule has 0 radical (unpaired) electrons. The lowest BCUT2D eigenvalue weighted by molar-refractivity contribution is -0.135. The summed E-state index contributed by atoms with van der Waals surface area (Å²) >= 11 is 0. The van der Waals surface area contributed by atoms with Gasteiger partial charge in [-0.25, -0.2) is 4.79 Å². The van der Waals surface area contributed by atoms with Gasteiger partial charge in [0.1, 0.15) is 6.07 Å². The first-order chi connectivity index (χ1) is 8.58. The van der Waals surface area contributed by atoms with E-state index in [1.54, 1.807) is 24.3 Å². The van der Waals surface area contributed by atoms with Crippen LogP contribution in [0.2, 0.25) is 0 Å². The number of nitriles is 1. The SMILES string of the molecule is COC(=O)/C(C#N)=C\Nc1cccc(C(N)=O)c1. The van der Waals surface area contributed by atoms with Gasteiger partial charge in [-0.3, -0.25) is 4.79 Å². The molecule has 0 saturated heterocycles. The Morgan fingerprint density at radius 3 is 2.78 bits per heavy atom. The largest absolute Gasteiger partial charge is 0.465 e. The minimum atomic E-state index is -0.740. The molecule has 0 aromatic heterocycles. The van der Waals surface area contributed by atoms with Gasteiger partial charge in [0.25, 0.3) is 0 Å². The van der Waals surface area contributed by atoms with Gasteiger partial charge in [-0.05, 0) is 18.2 Å². The molecule has 0 fully saturated rings. The van der Waals surface area contributed by atoms with Crippen LogP contribution in [0.5, 0.6) is 0 Å². The number of anilines is 1. The molecule has 1 aromatic rings. The van der Waals surface area contributed by atoms with Crippen molar-refractivity contribution in [2.45, 2.75) is 0 Å². The lowest BCUT2D eigenvalue weighted by Crippen LogP contribution is -2.11. The number of ether oxygens (including phenoxy) is 1. The highest BCUT2D eigenvalue weighted by atomic mass is 16.5. The number of nitrogens with one attached hydrogen (secondary N) is 1. The highest BCUT2D eigenvalue weighted by Gasteiger charge is 2.08. The van der Waals surface area contributed by atoms with Crippen molar-refractivity contribution >= 4 is 17.6 Å². The maximum absolute atomic E-state index is 11.1. The summed E-state index contributed by atoms with van der Waals surface area (Å²) in [6.07, 6.45) is 1.20. The topological polar surface area (TPSA) is 105 Å². The number of amides is 1. The van der Waals surface area contributed by atoms with Gasteiger partial charge in [0.2, 0.25) is 5.91 Å². The Bertz CT molecular complexity index is 544. The van der Waals surface area contributed by atoms with Crippen molar-refractivity contribution in [3.8, 4) is 6.07 Å². The van der Waals surface area contributed by atoms with E-state index in [1.807, 2.05) is 0 Å². The lowest BCUT2D eigenvalue weighted by atomic mass is 10.2. The molecule has 0 heterocycles. The number of benzene rings is 1. The van der Waals surface area contributed by atoms with Crippen molar-refractivity contribution in [2.24, 2.45) is 5.73 Å². The molecular weight excluding hydrogens is 234 g/mol. The molecule has 0 aliphatic carbocycles. The van der Waals surface area contributed by atoms with E-state index >= 15 is 0 Å². The zero-order valence-corrected chi connectivity index (χ0v) is 9.64. The molecule has 18 heavy (non-hydrogen) atoms. The van der Waals surface area contributed by atoms with Crippen molar-refractivity contribution in [3.05, 3.63) is 41.6 Å². The summed E-state index contributed by atoms with van der Waals surface area (Å²) in [5.41, 5.74) is 5.80. The molecule has 0 spiro atoms. The highest BCUT2D eigenvalue weighted by molar-refractivity contribution is 5.94. The molecule has 0 aliphatic rings. The molecular formula is C12H11N3O3. The van der Waals surface area contributed by atoms with Crippen molar-refractivity contribution in [1.29, 1.82) is 5.26 Å². The molecule has 0 atom stereocenters. The summed E-state index contributed by atoms with van der Waals surface area (Å²) in [6.45, 7) is 0. The van der Waals surface area contributed by atoms with E-state index < -0.39 is 11.9 Å². The highest BCUT2D eigenvalue weighted by Crippen LogP contribution is 2.10. The monoisotopic (exact) mass is 245 g/mol. The summed E-state index contributed by atoms with van der Waals surface area (Å²) in [7, 11) is 1.18. The fraction of sp³-hybridized carbons (Fsp3) is 0.0833. The third-order valence-corrected chi connectivity index (χ3v) is 2.06. The number of esters is 1. The van der Waals surface area contributed by atoms with E-state index in [1.165, 1.54) is 19.4 Å². The van der Waals surface area contributed by atoms with E-state index in [0.29, 0.717) is 11.3 Å². The number of hydrogen-bond acceptors (Lipinski definition) is 5. The van der Waals surface area contributed by atoms with Gasteiger partial charge >= 0.3 is 5.97 Å². The number of nitrogens with two attached hydrogens (primary N) is 1. The first-order valence-electron chi connectivity index (χ1n) is 4.93. The van der Waals surface area contributed by atoms with E-state index in [4.69, 9.17) is 11.0 Å². The van der Waals surface area contributed by atoms with Crippen LogP contribution in [0.4, 0.5) is 5.69 Å². The second-order valence-corrected chi connectivity index (χ2v) is 3.25. The molecule has 3 N–H and O–H groups in total. The van der Waals surface area contributed by atoms with Crippen LogP contribution in [-0.2, 0) is 9.53 Å². The first-order valence-corrected chi connectivity index (χ1v) is 4.93.